The minimum Gasteiger partial charge on any atom is -0.489 e. The van der Waals surface area contributed by atoms with E-state index in [4.69, 9.17) is 13.9 Å². The van der Waals surface area contributed by atoms with Crippen molar-refractivity contribution in [1.29, 1.82) is 0 Å². The number of carbonyl (C=O) groups is 1. The van der Waals surface area contributed by atoms with Crippen molar-refractivity contribution in [2.45, 2.75) is 26.5 Å². The van der Waals surface area contributed by atoms with Gasteiger partial charge < -0.3 is 13.9 Å². The maximum atomic E-state index is 13.9. The van der Waals surface area contributed by atoms with Crippen molar-refractivity contribution in [3.05, 3.63) is 149 Å². The number of furan rings is 1. The fraction of sp³-hybridized carbons (Fsp3) is 0.147. The highest BCUT2D eigenvalue weighted by atomic mass is 32.1. The van der Waals surface area contributed by atoms with Crippen LogP contribution in [0.2, 0.25) is 0 Å². The van der Waals surface area contributed by atoms with Gasteiger partial charge in [0.25, 0.3) is 11.2 Å². The third-order valence-electron chi connectivity index (χ3n) is 7.18. The molecule has 0 spiro atoms. The van der Waals surface area contributed by atoms with E-state index in [1.54, 1.807) is 44.2 Å². The SMILES string of the molecule is CCOC(=O)C1=C(C)N=c2s/c(=C\c3ccc(OCc4ccccc4)cc3)c(=O)n2[C@@H]1c1ccc(-c2cccc([N+](=O)[O-])c2)o1. The summed E-state index contributed by atoms with van der Waals surface area (Å²) in [6, 6.07) is 25.7. The molecule has 0 saturated carbocycles. The quantitative estimate of drug-likeness (QED) is 0.120. The number of non-ortho nitro benzene ring substituents is 1. The highest BCUT2D eigenvalue weighted by Crippen LogP contribution is 2.35. The fourth-order valence-corrected chi connectivity index (χ4v) is 6.09. The average molecular weight is 622 g/mol. The van der Waals surface area contributed by atoms with E-state index in [2.05, 4.69) is 4.99 Å². The van der Waals surface area contributed by atoms with Crippen molar-refractivity contribution in [2.24, 2.45) is 4.99 Å². The normalized spacial score (nSPS) is 14.5. The Labute approximate surface area is 261 Å². The molecule has 2 aromatic heterocycles. The number of benzene rings is 3. The number of carbonyl (C=O) groups excluding carboxylic acids is 1. The molecule has 1 atom stereocenters. The lowest BCUT2D eigenvalue weighted by Crippen LogP contribution is -2.39. The van der Waals surface area contributed by atoms with Gasteiger partial charge in [0.15, 0.2) is 4.80 Å². The van der Waals surface area contributed by atoms with E-state index in [-0.39, 0.29) is 23.4 Å². The summed E-state index contributed by atoms with van der Waals surface area (Å²) in [5.74, 6) is 0.728. The number of aromatic nitrogens is 1. The van der Waals surface area contributed by atoms with E-state index in [0.717, 1.165) is 11.1 Å². The maximum Gasteiger partial charge on any atom is 0.338 e. The molecule has 45 heavy (non-hydrogen) atoms. The van der Waals surface area contributed by atoms with Gasteiger partial charge in [0.05, 0.1) is 27.3 Å². The Morgan fingerprint density at radius 1 is 1.07 bits per heavy atom. The first-order valence-corrected chi connectivity index (χ1v) is 14.9. The number of ether oxygens (including phenoxy) is 2. The van der Waals surface area contributed by atoms with E-state index >= 15 is 0 Å². The molecule has 0 amide bonds. The zero-order valence-corrected chi connectivity index (χ0v) is 25.2. The minimum atomic E-state index is -0.955. The topological polar surface area (TPSA) is 126 Å². The van der Waals surface area contributed by atoms with Crippen LogP contribution in [0, 0.1) is 10.1 Å². The number of thiazole rings is 1. The van der Waals surface area contributed by atoms with Gasteiger partial charge in [-0.25, -0.2) is 9.79 Å². The lowest BCUT2D eigenvalue weighted by molar-refractivity contribution is -0.384. The standard InChI is InChI=1S/C34H27N3O7S/c1-3-42-33(39)30-21(2)35-34-36(31(30)28-17-16-27(44-28)24-10-7-11-25(19-24)37(40)41)32(38)29(45-34)18-22-12-14-26(15-13-22)43-20-23-8-5-4-6-9-23/h4-19,31H,3,20H2,1-2H3/b29-18-/t31-/m1/s1. The highest BCUT2D eigenvalue weighted by Gasteiger charge is 2.35. The second-order valence-corrected chi connectivity index (χ2v) is 11.2. The molecular formula is C34H27N3O7S. The van der Waals surface area contributed by atoms with Gasteiger partial charge in [0.2, 0.25) is 0 Å². The smallest absolute Gasteiger partial charge is 0.338 e. The van der Waals surface area contributed by atoms with Crippen molar-refractivity contribution in [3.63, 3.8) is 0 Å². The van der Waals surface area contributed by atoms with Crippen molar-refractivity contribution in [1.82, 2.24) is 4.57 Å². The van der Waals surface area contributed by atoms with Gasteiger partial charge in [-0.3, -0.25) is 19.5 Å². The number of nitro benzene ring substituents is 1. The molecular weight excluding hydrogens is 594 g/mol. The van der Waals surface area contributed by atoms with Crippen LogP contribution in [0.25, 0.3) is 17.4 Å². The molecule has 3 aromatic carbocycles. The summed E-state index contributed by atoms with van der Waals surface area (Å²) in [7, 11) is 0. The Morgan fingerprint density at radius 2 is 1.84 bits per heavy atom. The van der Waals surface area contributed by atoms with Gasteiger partial charge in [0.1, 0.15) is 29.9 Å². The zero-order chi connectivity index (χ0) is 31.5. The molecule has 226 valence electrons. The second-order valence-electron chi connectivity index (χ2n) is 10.2. The predicted octanol–water partition coefficient (Wildman–Crippen LogP) is 5.55. The van der Waals surface area contributed by atoms with Gasteiger partial charge in [0, 0.05) is 17.7 Å². The molecule has 0 unspecified atom stereocenters. The number of nitrogens with zero attached hydrogens (tertiary/aromatic N) is 3. The summed E-state index contributed by atoms with van der Waals surface area (Å²) in [4.78, 5) is 43.0. The van der Waals surface area contributed by atoms with Crippen LogP contribution in [0.1, 0.15) is 36.8 Å². The molecule has 0 N–H and O–H groups in total. The Kier molecular flexibility index (Phi) is 8.26. The molecule has 3 heterocycles. The molecule has 5 aromatic rings. The second kappa shape index (κ2) is 12.6. The highest BCUT2D eigenvalue weighted by molar-refractivity contribution is 7.07. The molecule has 0 saturated heterocycles. The van der Waals surface area contributed by atoms with E-state index in [0.29, 0.717) is 44.5 Å². The van der Waals surface area contributed by atoms with Gasteiger partial charge in [-0.2, -0.15) is 0 Å². The molecule has 1 aliphatic rings. The number of allylic oxidation sites excluding steroid dienone is 1. The largest absolute Gasteiger partial charge is 0.489 e. The number of fused-ring (bicyclic) bond motifs is 1. The lowest BCUT2D eigenvalue weighted by atomic mass is 10.0. The van der Waals surface area contributed by atoms with Crippen LogP contribution < -0.4 is 19.6 Å². The van der Waals surface area contributed by atoms with E-state index in [9.17, 15) is 19.7 Å². The summed E-state index contributed by atoms with van der Waals surface area (Å²) in [5, 5.41) is 11.3. The van der Waals surface area contributed by atoms with Gasteiger partial charge >= 0.3 is 5.97 Å². The summed E-state index contributed by atoms with van der Waals surface area (Å²) in [6.45, 7) is 3.96. The van der Waals surface area contributed by atoms with Crippen LogP contribution >= 0.6 is 11.3 Å². The van der Waals surface area contributed by atoms with Crippen LogP contribution in [-0.2, 0) is 16.1 Å². The predicted molar refractivity (Wildman–Crippen MR) is 168 cm³/mol. The van der Waals surface area contributed by atoms with Crippen molar-refractivity contribution in [2.75, 3.05) is 6.61 Å². The number of rotatable bonds is 9. The van der Waals surface area contributed by atoms with Crippen LogP contribution in [0.15, 0.2) is 116 Å². The lowest BCUT2D eigenvalue weighted by Gasteiger charge is -2.22. The number of nitro groups is 1. The van der Waals surface area contributed by atoms with Gasteiger partial charge in [-0.1, -0.05) is 65.9 Å². The van der Waals surface area contributed by atoms with Crippen LogP contribution in [0.5, 0.6) is 5.75 Å². The molecule has 11 heteroatoms. The van der Waals surface area contributed by atoms with Crippen LogP contribution in [0.3, 0.4) is 0 Å². The minimum absolute atomic E-state index is 0.0859. The first-order chi connectivity index (χ1) is 21.8. The van der Waals surface area contributed by atoms with Crippen molar-refractivity contribution < 1.29 is 23.6 Å². The molecule has 10 nitrogen and oxygen atoms in total. The van der Waals surface area contributed by atoms with Gasteiger partial charge in [-0.05, 0) is 55.3 Å². The van der Waals surface area contributed by atoms with E-state index in [1.807, 2.05) is 54.6 Å². The Bertz CT molecular complexity index is 2110. The molecule has 0 radical (unpaired) electrons. The Hall–Kier alpha value is -5.55. The molecule has 1 aliphatic heterocycles. The third kappa shape index (κ3) is 6.11. The molecule has 0 bridgehead atoms. The third-order valence-corrected chi connectivity index (χ3v) is 8.16. The molecule has 6 rings (SSSR count). The maximum absolute atomic E-state index is 13.9. The summed E-state index contributed by atoms with van der Waals surface area (Å²) < 4.78 is 19.3. The van der Waals surface area contributed by atoms with Crippen molar-refractivity contribution in [3.8, 4) is 17.1 Å². The summed E-state index contributed by atoms with van der Waals surface area (Å²) >= 11 is 1.20. The van der Waals surface area contributed by atoms with E-state index < -0.39 is 16.9 Å². The first kappa shape index (κ1) is 29.5. The average Bonchev–Trinajstić information content (AvgIpc) is 3.65. The zero-order valence-electron chi connectivity index (χ0n) is 24.3. The number of hydrogen-bond donors (Lipinski definition) is 0. The van der Waals surface area contributed by atoms with Gasteiger partial charge in [-0.15, -0.1) is 0 Å². The van der Waals surface area contributed by atoms with Crippen LogP contribution in [0.4, 0.5) is 5.69 Å². The number of esters is 1. The van der Waals surface area contributed by atoms with Crippen molar-refractivity contribution >= 4 is 29.1 Å². The monoisotopic (exact) mass is 621 g/mol. The van der Waals surface area contributed by atoms with Crippen LogP contribution in [-0.4, -0.2) is 22.1 Å². The molecule has 0 fully saturated rings. The fourth-order valence-electron chi connectivity index (χ4n) is 5.04. The molecule has 0 aliphatic carbocycles. The summed E-state index contributed by atoms with van der Waals surface area (Å²) in [5.41, 5.74) is 2.47. The first-order valence-electron chi connectivity index (χ1n) is 14.1. The summed E-state index contributed by atoms with van der Waals surface area (Å²) in [6.07, 6.45) is 1.77. The number of hydrogen-bond acceptors (Lipinski definition) is 9. The Balaban J connectivity index is 1.37. The van der Waals surface area contributed by atoms with E-state index in [1.165, 1.54) is 28.0 Å². The Morgan fingerprint density at radius 3 is 2.58 bits per heavy atom.